The van der Waals surface area contributed by atoms with Crippen molar-refractivity contribution in [3.8, 4) is 0 Å². The molecular weight excluding hydrogens is 242 g/mol. The summed E-state index contributed by atoms with van der Waals surface area (Å²) >= 11 is 0. The Labute approximate surface area is 112 Å². The van der Waals surface area contributed by atoms with Gasteiger partial charge in [-0.3, -0.25) is 4.79 Å². The molecule has 6 nitrogen and oxygen atoms in total. The van der Waals surface area contributed by atoms with Gasteiger partial charge in [0.15, 0.2) is 5.69 Å². The van der Waals surface area contributed by atoms with Gasteiger partial charge in [0.05, 0.1) is 0 Å². The highest BCUT2D eigenvalue weighted by Gasteiger charge is 2.10. The fraction of sp³-hybridized carbons (Fsp3) is 0.462. The Morgan fingerprint density at radius 1 is 1.42 bits per heavy atom. The van der Waals surface area contributed by atoms with Crippen molar-refractivity contribution < 1.29 is 4.79 Å². The quantitative estimate of drug-likeness (QED) is 0.773. The number of nitrogens with one attached hydrogen (secondary N) is 2. The van der Waals surface area contributed by atoms with E-state index >= 15 is 0 Å². The molecule has 19 heavy (non-hydrogen) atoms. The summed E-state index contributed by atoms with van der Waals surface area (Å²) in [7, 11) is 3.39. The van der Waals surface area contributed by atoms with Crippen molar-refractivity contribution in [1.82, 2.24) is 20.4 Å². The summed E-state index contributed by atoms with van der Waals surface area (Å²) in [5.74, 6) is 0.551. The van der Waals surface area contributed by atoms with Gasteiger partial charge in [0, 0.05) is 27.2 Å². The Morgan fingerprint density at radius 3 is 2.84 bits per heavy atom. The second-order valence-corrected chi connectivity index (χ2v) is 4.67. The third-order valence-corrected chi connectivity index (χ3v) is 2.94. The topological polar surface area (TPSA) is 70.2 Å². The summed E-state index contributed by atoms with van der Waals surface area (Å²) in [6.45, 7) is 2.73. The molecule has 0 fully saturated rings. The molecular formula is C13H19N5O. The molecule has 6 heteroatoms. The van der Waals surface area contributed by atoms with Gasteiger partial charge >= 0.3 is 0 Å². The maximum atomic E-state index is 11.6. The van der Waals surface area contributed by atoms with Crippen LogP contribution in [0.2, 0.25) is 0 Å². The van der Waals surface area contributed by atoms with Gasteiger partial charge in [-0.25, -0.2) is 0 Å². The maximum absolute atomic E-state index is 11.6. The van der Waals surface area contributed by atoms with Gasteiger partial charge in [0.1, 0.15) is 5.82 Å². The van der Waals surface area contributed by atoms with Crippen LogP contribution in [0.3, 0.4) is 0 Å². The average molecular weight is 261 g/mol. The van der Waals surface area contributed by atoms with Crippen molar-refractivity contribution in [2.45, 2.75) is 6.42 Å². The van der Waals surface area contributed by atoms with E-state index in [2.05, 4.69) is 26.9 Å². The molecule has 1 aromatic rings. The lowest BCUT2D eigenvalue weighted by molar-refractivity contribution is 0.0821. The van der Waals surface area contributed by atoms with E-state index in [9.17, 15) is 4.79 Å². The first-order valence-electron chi connectivity index (χ1n) is 6.34. The molecule has 0 spiro atoms. The number of anilines is 1. The minimum atomic E-state index is -0.139. The molecule has 0 saturated heterocycles. The van der Waals surface area contributed by atoms with Crippen LogP contribution in [-0.4, -0.2) is 54.7 Å². The third-order valence-electron chi connectivity index (χ3n) is 2.94. The number of nitrogens with zero attached hydrogens (tertiary/aromatic N) is 3. The lowest BCUT2D eigenvalue weighted by atomic mass is 10.1. The van der Waals surface area contributed by atoms with E-state index in [0.29, 0.717) is 11.5 Å². The number of hydrogen-bond donors (Lipinski definition) is 2. The standard InChI is InChI=1S/C13H19N5O/c1-18(2)13(19)11-3-4-12(17-16-11)15-9-10-5-7-14-8-6-10/h3-5,14H,6-9H2,1-2H3,(H,15,17). The van der Waals surface area contributed by atoms with Crippen LogP contribution in [0.4, 0.5) is 5.82 Å². The molecule has 0 aliphatic carbocycles. The summed E-state index contributed by atoms with van der Waals surface area (Å²) in [4.78, 5) is 13.1. The maximum Gasteiger partial charge on any atom is 0.273 e. The Balaban J connectivity index is 1.91. The summed E-state index contributed by atoms with van der Waals surface area (Å²) < 4.78 is 0. The second kappa shape index (κ2) is 6.29. The van der Waals surface area contributed by atoms with Gasteiger partial charge in [-0.1, -0.05) is 11.6 Å². The van der Waals surface area contributed by atoms with E-state index in [1.54, 1.807) is 26.2 Å². The Bertz CT molecular complexity index is 466. The highest BCUT2D eigenvalue weighted by Crippen LogP contribution is 2.08. The number of aromatic nitrogens is 2. The van der Waals surface area contributed by atoms with Gasteiger partial charge in [0.25, 0.3) is 5.91 Å². The number of carbonyl (C=O) groups excluding carboxylic acids is 1. The molecule has 0 aromatic carbocycles. The predicted molar refractivity (Wildman–Crippen MR) is 74.1 cm³/mol. The normalized spacial score (nSPS) is 14.7. The molecule has 0 radical (unpaired) electrons. The molecule has 0 bridgehead atoms. The van der Waals surface area contributed by atoms with E-state index in [0.717, 1.165) is 26.1 Å². The summed E-state index contributed by atoms with van der Waals surface area (Å²) in [6.07, 6.45) is 3.24. The average Bonchev–Trinajstić information content (AvgIpc) is 2.46. The molecule has 0 saturated carbocycles. The highest BCUT2D eigenvalue weighted by molar-refractivity contribution is 5.91. The van der Waals surface area contributed by atoms with Crippen molar-refractivity contribution in [2.24, 2.45) is 0 Å². The lowest BCUT2D eigenvalue weighted by Gasteiger charge is -2.14. The Morgan fingerprint density at radius 2 is 2.26 bits per heavy atom. The van der Waals surface area contributed by atoms with Gasteiger partial charge in [-0.2, -0.15) is 0 Å². The monoisotopic (exact) mass is 261 g/mol. The zero-order valence-electron chi connectivity index (χ0n) is 11.3. The number of rotatable bonds is 4. The van der Waals surface area contributed by atoms with E-state index in [-0.39, 0.29) is 5.91 Å². The molecule has 1 amide bonds. The van der Waals surface area contributed by atoms with Crippen LogP contribution in [0.1, 0.15) is 16.9 Å². The van der Waals surface area contributed by atoms with Gasteiger partial charge in [-0.05, 0) is 25.1 Å². The molecule has 2 heterocycles. The van der Waals surface area contributed by atoms with Crippen molar-refractivity contribution in [3.63, 3.8) is 0 Å². The smallest absolute Gasteiger partial charge is 0.273 e. The molecule has 0 atom stereocenters. The Kier molecular flexibility index (Phi) is 4.46. The van der Waals surface area contributed by atoms with Crippen LogP contribution in [0.5, 0.6) is 0 Å². The van der Waals surface area contributed by atoms with Crippen molar-refractivity contribution in [3.05, 3.63) is 29.5 Å². The molecule has 2 N–H and O–H groups in total. The van der Waals surface area contributed by atoms with Crippen LogP contribution in [-0.2, 0) is 0 Å². The highest BCUT2D eigenvalue weighted by atomic mass is 16.2. The summed E-state index contributed by atoms with van der Waals surface area (Å²) in [5.41, 5.74) is 1.73. The Hall–Kier alpha value is -1.95. The molecule has 102 valence electrons. The molecule has 1 aliphatic heterocycles. The third kappa shape index (κ3) is 3.75. The number of hydrogen-bond acceptors (Lipinski definition) is 5. The minimum Gasteiger partial charge on any atom is -0.365 e. The lowest BCUT2D eigenvalue weighted by Crippen LogP contribution is -2.24. The van der Waals surface area contributed by atoms with Crippen molar-refractivity contribution >= 4 is 11.7 Å². The zero-order valence-corrected chi connectivity index (χ0v) is 11.3. The second-order valence-electron chi connectivity index (χ2n) is 4.67. The largest absolute Gasteiger partial charge is 0.365 e. The van der Waals surface area contributed by atoms with Crippen molar-refractivity contribution in [1.29, 1.82) is 0 Å². The fourth-order valence-electron chi connectivity index (χ4n) is 1.80. The van der Waals surface area contributed by atoms with E-state index < -0.39 is 0 Å². The van der Waals surface area contributed by atoms with Gasteiger partial charge in [-0.15, -0.1) is 10.2 Å². The predicted octanol–water partition coefficient (Wildman–Crippen LogP) is 0.510. The van der Waals surface area contributed by atoms with Gasteiger partial charge in [0.2, 0.25) is 0 Å². The first kappa shape index (κ1) is 13.5. The van der Waals surface area contributed by atoms with E-state index in [1.807, 2.05) is 0 Å². The van der Waals surface area contributed by atoms with Crippen molar-refractivity contribution in [2.75, 3.05) is 39.0 Å². The van der Waals surface area contributed by atoms with Gasteiger partial charge < -0.3 is 15.5 Å². The number of amides is 1. The molecule has 0 unspecified atom stereocenters. The van der Waals surface area contributed by atoms with Crippen LogP contribution in [0.25, 0.3) is 0 Å². The molecule has 2 rings (SSSR count). The van der Waals surface area contributed by atoms with Crippen LogP contribution >= 0.6 is 0 Å². The first-order valence-corrected chi connectivity index (χ1v) is 6.34. The van der Waals surface area contributed by atoms with Crippen LogP contribution in [0.15, 0.2) is 23.8 Å². The van der Waals surface area contributed by atoms with E-state index in [1.165, 1.54) is 10.5 Å². The molecule has 1 aromatic heterocycles. The fourth-order valence-corrected chi connectivity index (χ4v) is 1.80. The van der Waals surface area contributed by atoms with Crippen LogP contribution in [0, 0.1) is 0 Å². The number of carbonyl (C=O) groups is 1. The summed E-state index contributed by atoms with van der Waals surface area (Å²) in [5, 5.41) is 14.4. The minimum absolute atomic E-state index is 0.139. The van der Waals surface area contributed by atoms with Crippen LogP contribution < -0.4 is 10.6 Å². The molecule has 1 aliphatic rings. The van der Waals surface area contributed by atoms with E-state index in [4.69, 9.17) is 0 Å². The first-order chi connectivity index (χ1) is 9.16. The SMILES string of the molecule is CN(C)C(=O)c1ccc(NCC2=CCNCC2)nn1. The zero-order chi connectivity index (χ0) is 13.7. The summed E-state index contributed by atoms with van der Waals surface area (Å²) in [6, 6.07) is 3.47.